The molecule has 0 aliphatic carbocycles. The largest absolute Gasteiger partial charge is 0.286 e. The lowest BCUT2D eigenvalue weighted by Gasteiger charge is -2.01. The molecule has 0 aliphatic rings. The molecule has 0 spiro atoms. The second kappa shape index (κ2) is 8.15. The van der Waals surface area contributed by atoms with E-state index in [4.69, 9.17) is 0 Å². The molecular formula is C15H15N5O2. The van der Waals surface area contributed by atoms with E-state index in [9.17, 15) is 10.1 Å². The fraction of sp³-hybridized carbons (Fsp3) is 0.0667. The molecule has 22 heavy (non-hydrogen) atoms. The van der Waals surface area contributed by atoms with E-state index in [0.717, 1.165) is 11.4 Å². The van der Waals surface area contributed by atoms with E-state index < -0.39 is 11.0 Å². The second-order valence-corrected chi connectivity index (χ2v) is 4.29. The van der Waals surface area contributed by atoms with Gasteiger partial charge in [0.05, 0.1) is 11.4 Å². The van der Waals surface area contributed by atoms with Gasteiger partial charge < -0.3 is 0 Å². The highest BCUT2D eigenvalue weighted by Gasteiger charge is 2.13. The van der Waals surface area contributed by atoms with Crippen molar-refractivity contribution in [1.29, 1.82) is 0 Å². The van der Waals surface area contributed by atoms with Gasteiger partial charge in [-0.25, -0.2) is 0 Å². The van der Waals surface area contributed by atoms with E-state index >= 15 is 0 Å². The summed E-state index contributed by atoms with van der Waals surface area (Å²) in [4.78, 5) is 10.5. The Morgan fingerprint density at radius 2 is 1.27 bits per heavy atom. The minimum absolute atomic E-state index is 0.480. The topological polar surface area (TPSA) is 91.9 Å². The van der Waals surface area contributed by atoms with Crippen LogP contribution < -0.4 is 10.9 Å². The minimum atomic E-state index is -1.12. The Labute approximate surface area is 127 Å². The molecule has 0 aromatic heterocycles. The van der Waals surface area contributed by atoms with Gasteiger partial charge in [-0.1, -0.05) is 36.4 Å². The molecule has 112 valence electrons. The zero-order valence-electron chi connectivity index (χ0n) is 11.7. The number of benzene rings is 2. The maximum absolute atomic E-state index is 11.0. The molecule has 0 fully saturated rings. The number of hydrazone groups is 2. The monoisotopic (exact) mass is 297 g/mol. The lowest BCUT2D eigenvalue weighted by molar-refractivity contribution is -0.482. The van der Waals surface area contributed by atoms with Crippen molar-refractivity contribution in [3.05, 3.63) is 70.8 Å². The van der Waals surface area contributed by atoms with Crippen LogP contribution in [-0.2, 0) is 0 Å². The lowest BCUT2D eigenvalue weighted by Crippen LogP contribution is -2.23. The van der Waals surface area contributed by atoms with Gasteiger partial charge in [0, 0.05) is 4.92 Å². The fourth-order valence-electron chi connectivity index (χ4n) is 1.55. The molecular weight excluding hydrogens is 282 g/mol. The van der Waals surface area contributed by atoms with Crippen LogP contribution in [-0.4, -0.2) is 23.4 Å². The summed E-state index contributed by atoms with van der Waals surface area (Å²) in [5, 5.41) is 18.7. The quantitative estimate of drug-likeness (QED) is 0.467. The van der Waals surface area contributed by atoms with Crippen LogP contribution in [0.1, 0.15) is 0 Å². The Hall–Kier alpha value is -3.22. The highest BCUT2D eigenvalue weighted by molar-refractivity contribution is 5.86. The van der Waals surface area contributed by atoms with Crippen molar-refractivity contribution in [1.82, 2.24) is 0 Å². The van der Waals surface area contributed by atoms with Crippen molar-refractivity contribution in [2.75, 3.05) is 10.9 Å². The number of para-hydroxylation sites is 2. The van der Waals surface area contributed by atoms with E-state index in [1.807, 2.05) is 60.7 Å². The van der Waals surface area contributed by atoms with Gasteiger partial charge >= 0.3 is 0 Å². The molecule has 0 aliphatic heterocycles. The number of nitrogens with zero attached hydrogens (tertiary/aromatic N) is 3. The first-order valence-electron chi connectivity index (χ1n) is 6.57. The maximum atomic E-state index is 11.0. The molecule has 2 aromatic carbocycles. The third-order valence-corrected chi connectivity index (χ3v) is 2.63. The van der Waals surface area contributed by atoms with Gasteiger partial charge in [-0.3, -0.25) is 21.0 Å². The highest BCUT2D eigenvalue weighted by atomic mass is 16.6. The SMILES string of the molecule is O=[N+]([O-])C(/C=N/Nc1ccccc1)/C=N/Nc1ccccc1. The molecule has 0 unspecified atom stereocenters. The molecule has 0 heterocycles. The van der Waals surface area contributed by atoms with Crippen LogP contribution in [0.25, 0.3) is 0 Å². The Morgan fingerprint density at radius 1 is 0.864 bits per heavy atom. The predicted molar refractivity (Wildman–Crippen MR) is 87.9 cm³/mol. The Morgan fingerprint density at radius 3 is 1.64 bits per heavy atom. The van der Waals surface area contributed by atoms with Gasteiger partial charge in [-0.2, -0.15) is 10.2 Å². The third-order valence-electron chi connectivity index (χ3n) is 2.63. The molecule has 2 rings (SSSR count). The van der Waals surface area contributed by atoms with E-state index in [1.54, 1.807) is 0 Å². The average molecular weight is 297 g/mol. The number of hydrogen-bond acceptors (Lipinski definition) is 6. The van der Waals surface area contributed by atoms with Gasteiger partial charge in [0.1, 0.15) is 12.4 Å². The summed E-state index contributed by atoms with van der Waals surface area (Å²) in [6.07, 6.45) is 2.37. The summed E-state index contributed by atoms with van der Waals surface area (Å²) >= 11 is 0. The minimum Gasteiger partial charge on any atom is -0.279 e. The molecule has 7 heteroatoms. The molecule has 2 aromatic rings. The first kappa shape index (κ1) is 15.2. The zero-order chi connectivity index (χ0) is 15.6. The first-order chi connectivity index (χ1) is 10.8. The molecule has 2 N–H and O–H groups in total. The molecule has 0 saturated carbocycles. The Balaban J connectivity index is 1.91. The van der Waals surface area contributed by atoms with Crippen LogP contribution in [0.5, 0.6) is 0 Å². The number of hydrogen-bond donors (Lipinski definition) is 2. The summed E-state index contributed by atoms with van der Waals surface area (Å²) in [7, 11) is 0. The van der Waals surface area contributed by atoms with Gasteiger partial charge in [0.25, 0.3) is 6.04 Å². The fourth-order valence-corrected chi connectivity index (χ4v) is 1.55. The van der Waals surface area contributed by atoms with Crippen molar-refractivity contribution >= 4 is 23.8 Å². The predicted octanol–water partition coefficient (Wildman–Crippen LogP) is 2.83. The number of nitrogens with one attached hydrogen (secondary N) is 2. The van der Waals surface area contributed by atoms with Gasteiger partial charge in [0.15, 0.2) is 0 Å². The van der Waals surface area contributed by atoms with Crippen molar-refractivity contribution in [3.8, 4) is 0 Å². The van der Waals surface area contributed by atoms with Crippen molar-refractivity contribution in [2.45, 2.75) is 6.04 Å². The molecule has 7 nitrogen and oxygen atoms in total. The smallest absolute Gasteiger partial charge is 0.279 e. The maximum Gasteiger partial charge on any atom is 0.286 e. The molecule has 0 amide bonds. The summed E-state index contributed by atoms with van der Waals surface area (Å²) in [6, 6.07) is 17.2. The van der Waals surface area contributed by atoms with Crippen molar-refractivity contribution < 1.29 is 4.92 Å². The number of nitro groups is 1. The van der Waals surface area contributed by atoms with Crippen LogP contribution in [0.2, 0.25) is 0 Å². The summed E-state index contributed by atoms with van der Waals surface area (Å²) in [6.45, 7) is 0. The van der Waals surface area contributed by atoms with Crippen LogP contribution >= 0.6 is 0 Å². The highest BCUT2D eigenvalue weighted by Crippen LogP contribution is 2.05. The van der Waals surface area contributed by atoms with Crippen LogP contribution in [0.4, 0.5) is 11.4 Å². The molecule has 0 radical (unpaired) electrons. The third kappa shape index (κ3) is 5.04. The standard InChI is InChI=1S/C15H15N5O2/c21-20(22)15(11-16-18-13-7-3-1-4-8-13)12-17-19-14-9-5-2-6-10-14/h1-12,15,18-19H/b16-11+,17-12+. The number of anilines is 2. The summed E-state index contributed by atoms with van der Waals surface area (Å²) < 4.78 is 0. The lowest BCUT2D eigenvalue weighted by atomic mass is 10.3. The zero-order valence-corrected chi connectivity index (χ0v) is 11.7. The van der Waals surface area contributed by atoms with E-state index in [0.29, 0.717) is 0 Å². The van der Waals surface area contributed by atoms with Crippen molar-refractivity contribution in [2.24, 2.45) is 10.2 Å². The molecule has 0 saturated heterocycles. The Kier molecular flexibility index (Phi) is 5.62. The molecule has 0 bridgehead atoms. The second-order valence-electron chi connectivity index (χ2n) is 4.29. The summed E-state index contributed by atoms with van der Waals surface area (Å²) in [5.41, 5.74) is 6.94. The summed E-state index contributed by atoms with van der Waals surface area (Å²) in [5.74, 6) is 0. The van der Waals surface area contributed by atoms with E-state index in [1.165, 1.54) is 12.4 Å². The van der Waals surface area contributed by atoms with Gasteiger partial charge in [-0.05, 0) is 24.3 Å². The Bertz CT molecular complexity index is 592. The van der Waals surface area contributed by atoms with E-state index in [2.05, 4.69) is 21.1 Å². The van der Waals surface area contributed by atoms with Crippen LogP contribution in [0, 0.1) is 10.1 Å². The van der Waals surface area contributed by atoms with Crippen molar-refractivity contribution in [3.63, 3.8) is 0 Å². The first-order valence-corrected chi connectivity index (χ1v) is 6.57. The normalized spacial score (nSPS) is 11.1. The van der Waals surface area contributed by atoms with Crippen LogP contribution in [0.3, 0.4) is 0 Å². The van der Waals surface area contributed by atoms with Crippen LogP contribution in [0.15, 0.2) is 70.9 Å². The van der Waals surface area contributed by atoms with Gasteiger partial charge in [0.2, 0.25) is 0 Å². The van der Waals surface area contributed by atoms with Gasteiger partial charge in [-0.15, -0.1) is 0 Å². The van der Waals surface area contributed by atoms with E-state index in [-0.39, 0.29) is 0 Å². The molecule has 0 atom stereocenters. The average Bonchev–Trinajstić information content (AvgIpc) is 2.55. The number of rotatable bonds is 7.